The van der Waals surface area contributed by atoms with Crippen LogP contribution in [-0.2, 0) is 11.3 Å². The maximum atomic E-state index is 5.70. The molecule has 0 atom stereocenters. The fourth-order valence-electron chi connectivity index (χ4n) is 2.27. The van der Waals surface area contributed by atoms with Crippen molar-refractivity contribution in [2.45, 2.75) is 25.4 Å². The van der Waals surface area contributed by atoms with Crippen LogP contribution < -0.4 is 4.74 Å². The highest BCUT2D eigenvalue weighted by atomic mass is 32.1. The van der Waals surface area contributed by atoms with Gasteiger partial charge in [-0.3, -0.25) is 0 Å². The smallest absolute Gasteiger partial charge is 0.126 e. The zero-order valence-electron chi connectivity index (χ0n) is 10.6. The van der Waals surface area contributed by atoms with Crippen molar-refractivity contribution in [3.05, 3.63) is 40.9 Å². The Labute approximate surface area is 116 Å². The Morgan fingerprint density at radius 2 is 2.00 bits per heavy atom. The quantitative estimate of drug-likeness (QED) is 0.861. The maximum absolute atomic E-state index is 5.70. The van der Waals surface area contributed by atoms with Crippen LogP contribution >= 0.6 is 11.5 Å². The minimum Gasteiger partial charge on any atom is -0.488 e. The van der Waals surface area contributed by atoms with Crippen LogP contribution in [0.4, 0.5) is 0 Å². The van der Waals surface area contributed by atoms with E-state index in [9.17, 15) is 0 Å². The van der Waals surface area contributed by atoms with E-state index in [1.54, 1.807) is 6.20 Å². The number of aromatic nitrogens is 2. The summed E-state index contributed by atoms with van der Waals surface area (Å²) >= 11 is 1.37. The van der Waals surface area contributed by atoms with Gasteiger partial charge in [0.15, 0.2) is 0 Å². The standard InChI is InChI=1S/C14H16N2O2S/c1-3-13(18-10-14-9-15-16-19-14)4-2-11(1)12-5-7-17-8-6-12/h1-4,9,12H,5-8,10H2. The fourth-order valence-corrected chi connectivity index (χ4v) is 2.68. The molecule has 1 aromatic heterocycles. The van der Waals surface area contributed by atoms with Crippen LogP contribution in [0.15, 0.2) is 30.5 Å². The van der Waals surface area contributed by atoms with Crippen molar-refractivity contribution in [3.63, 3.8) is 0 Å². The number of ether oxygens (including phenoxy) is 2. The molecule has 0 N–H and O–H groups in total. The van der Waals surface area contributed by atoms with Gasteiger partial charge in [0.1, 0.15) is 12.4 Å². The summed E-state index contributed by atoms with van der Waals surface area (Å²) in [5.74, 6) is 1.53. The van der Waals surface area contributed by atoms with Crippen LogP contribution in [0.2, 0.25) is 0 Å². The second kappa shape index (κ2) is 6.12. The molecule has 0 saturated carbocycles. The summed E-state index contributed by atoms with van der Waals surface area (Å²) in [5, 5.41) is 3.79. The molecule has 0 radical (unpaired) electrons. The lowest BCUT2D eigenvalue weighted by molar-refractivity contribution is 0.0853. The van der Waals surface area contributed by atoms with E-state index >= 15 is 0 Å². The van der Waals surface area contributed by atoms with E-state index in [1.165, 1.54) is 17.1 Å². The Hall–Kier alpha value is -1.46. The van der Waals surface area contributed by atoms with Crippen LogP contribution in [0.1, 0.15) is 29.2 Å². The lowest BCUT2D eigenvalue weighted by Crippen LogP contribution is -2.13. The molecule has 4 nitrogen and oxygen atoms in total. The maximum Gasteiger partial charge on any atom is 0.126 e. The van der Waals surface area contributed by atoms with Gasteiger partial charge in [0, 0.05) is 13.2 Å². The zero-order valence-corrected chi connectivity index (χ0v) is 11.4. The van der Waals surface area contributed by atoms with Gasteiger partial charge in [0.05, 0.1) is 11.1 Å². The first-order valence-corrected chi connectivity index (χ1v) is 7.26. The first kappa shape index (κ1) is 12.6. The van der Waals surface area contributed by atoms with Crippen molar-refractivity contribution >= 4 is 11.5 Å². The van der Waals surface area contributed by atoms with Gasteiger partial charge in [-0.15, -0.1) is 5.10 Å². The summed E-state index contributed by atoms with van der Waals surface area (Å²) < 4.78 is 14.9. The SMILES string of the molecule is c1cc(C2CCOCC2)ccc1OCc1cnns1. The summed E-state index contributed by atoms with van der Waals surface area (Å²) in [7, 11) is 0. The van der Waals surface area contributed by atoms with Crippen LogP contribution in [0.3, 0.4) is 0 Å². The molecule has 0 spiro atoms. The van der Waals surface area contributed by atoms with Crippen molar-refractivity contribution in [2.24, 2.45) is 0 Å². The molecule has 2 aromatic rings. The van der Waals surface area contributed by atoms with E-state index in [0.717, 1.165) is 36.7 Å². The molecule has 0 bridgehead atoms. The van der Waals surface area contributed by atoms with Gasteiger partial charge >= 0.3 is 0 Å². The van der Waals surface area contributed by atoms with Gasteiger partial charge in [0.2, 0.25) is 0 Å². The van der Waals surface area contributed by atoms with Crippen LogP contribution in [0.25, 0.3) is 0 Å². The van der Waals surface area contributed by atoms with Gasteiger partial charge < -0.3 is 9.47 Å². The molecule has 1 saturated heterocycles. The number of nitrogens with zero attached hydrogens (tertiary/aromatic N) is 2. The van der Waals surface area contributed by atoms with E-state index in [2.05, 4.69) is 21.7 Å². The molecule has 1 aliphatic rings. The van der Waals surface area contributed by atoms with Crippen molar-refractivity contribution in [1.82, 2.24) is 9.59 Å². The molecule has 3 rings (SSSR count). The van der Waals surface area contributed by atoms with Gasteiger partial charge in [0.25, 0.3) is 0 Å². The third-order valence-corrected chi connectivity index (χ3v) is 3.99. The van der Waals surface area contributed by atoms with Gasteiger partial charge in [-0.1, -0.05) is 16.6 Å². The lowest BCUT2D eigenvalue weighted by atomic mass is 9.92. The van der Waals surface area contributed by atoms with E-state index in [4.69, 9.17) is 9.47 Å². The summed E-state index contributed by atoms with van der Waals surface area (Å²) in [4.78, 5) is 1.04. The molecule has 100 valence electrons. The summed E-state index contributed by atoms with van der Waals surface area (Å²) in [6.07, 6.45) is 3.97. The summed E-state index contributed by atoms with van der Waals surface area (Å²) in [6.45, 7) is 2.29. The molecule has 0 amide bonds. The van der Waals surface area contributed by atoms with E-state index in [-0.39, 0.29) is 0 Å². The van der Waals surface area contributed by atoms with Crippen LogP contribution in [0, 0.1) is 0 Å². The van der Waals surface area contributed by atoms with Gasteiger partial charge in [-0.2, -0.15) is 0 Å². The molecule has 0 unspecified atom stereocenters. The Kier molecular flexibility index (Phi) is 4.05. The summed E-state index contributed by atoms with van der Waals surface area (Å²) in [6, 6.07) is 8.41. The predicted octanol–water partition coefficient (Wildman–Crippen LogP) is 3.01. The number of benzene rings is 1. The molecule has 1 fully saturated rings. The molecule has 19 heavy (non-hydrogen) atoms. The third-order valence-electron chi connectivity index (χ3n) is 3.36. The molecule has 1 aromatic carbocycles. The third kappa shape index (κ3) is 3.30. The largest absolute Gasteiger partial charge is 0.488 e. The van der Waals surface area contributed by atoms with E-state index in [1.807, 2.05) is 12.1 Å². The highest BCUT2D eigenvalue weighted by Gasteiger charge is 2.15. The molecule has 2 heterocycles. The van der Waals surface area contributed by atoms with E-state index < -0.39 is 0 Å². The minimum absolute atomic E-state index is 0.536. The molecule has 0 aliphatic carbocycles. The number of hydrogen-bond acceptors (Lipinski definition) is 5. The second-order valence-electron chi connectivity index (χ2n) is 4.63. The predicted molar refractivity (Wildman–Crippen MR) is 73.5 cm³/mol. The first-order chi connectivity index (χ1) is 9.42. The van der Waals surface area contributed by atoms with Gasteiger partial charge in [-0.25, -0.2) is 0 Å². The van der Waals surface area contributed by atoms with Crippen molar-refractivity contribution in [2.75, 3.05) is 13.2 Å². The average molecular weight is 276 g/mol. The summed E-state index contributed by atoms with van der Waals surface area (Å²) in [5.41, 5.74) is 1.38. The van der Waals surface area contributed by atoms with Gasteiger partial charge in [-0.05, 0) is 48.0 Å². The number of hydrogen-bond donors (Lipinski definition) is 0. The van der Waals surface area contributed by atoms with E-state index in [0.29, 0.717) is 12.5 Å². The highest BCUT2D eigenvalue weighted by molar-refractivity contribution is 7.05. The normalized spacial score (nSPS) is 16.4. The Morgan fingerprint density at radius 3 is 2.68 bits per heavy atom. The highest BCUT2D eigenvalue weighted by Crippen LogP contribution is 2.28. The van der Waals surface area contributed by atoms with Crippen molar-refractivity contribution in [3.8, 4) is 5.75 Å². The zero-order chi connectivity index (χ0) is 12.9. The van der Waals surface area contributed by atoms with Crippen molar-refractivity contribution < 1.29 is 9.47 Å². The van der Waals surface area contributed by atoms with Crippen molar-refractivity contribution in [1.29, 1.82) is 0 Å². The Morgan fingerprint density at radius 1 is 1.21 bits per heavy atom. The Balaban J connectivity index is 1.58. The minimum atomic E-state index is 0.536. The second-order valence-corrected chi connectivity index (χ2v) is 5.50. The average Bonchev–Trinajstić information content (AvgIpc) is 3.00. The molecular weight excluding hydrogens is 260 g/mol. The topological polar surface area (TPSA) is 44.2 Å². The first-order valence-electron chi connectivity index (χ1n) is 6.48. The molecule has 5 heteroatoms. The lowest BCUT2D eigenvalue weighted by Gasteiger charge is -2.22. The number of rotatable bonds is 4. The monoisotopic (exact) mass is 276 g/mol. The fraction of sp³-hybridized carbons (Fsp3) is 0.429. The van der Waals surface area contributed by atoms with Crippen LogP contribution in [-0.4, -0.2) is 22.8 Å². The van der Waals surface area contributed by atoms with Crippen LogP contribution in [0.5, 0.6) is 5.75 Å². The Bertz CT molecular complexity index is 493. The molecular formula is C14H16N2O2S. The molecule has 1 aliphatic heterocycles.